The maximum Gasteiger partial charge on any atom is 0.137 e. The SMILES string of the molecule is CCCCN(CCCC)c1ccc2c(c1)OC1=CC(N)C=CC1=C2c1cccc(CN2CCOCC2)c1. The first-order valence-electron chi connectivity index (χ1n) is 14.0. The zero-order chi connectivity index (χ0) is 25.6. The average Bonchev–Trinajstić information content (AvgIpc) is 2.92. The predicted octanol–water partition coefficient (Wildman–Crippen LogP) is 5.90. The second-order valence-electron chi connectivity index (χ2n) is 10.3. The predicted molar refractivity (Wildman–Crippen MR) is 153 cm³/mol. The molecule has 1 saturated heterocycles. The Kier molecular flexibility index (Phi) is 8.45. The summed E-state index contributed by atoms with van der Waals surface area (Å²) in [6, 6.07) is 15.6. The summed E-state index contributed by atoms with van der Waals surface area (Å²) in [6.45, 7) is 11.2. The van der Waals surface area contributed by atoms with Gasteiger partial charge in [-0.05, 0) is 48.2 Å². The summed E-state index contributed by atoms with van der Waals surface area (Å²) in [4.78, 5) is 4.98. The number of ether oxygens (including phenoxy) is 2. The van der Waals surface area contributed by atoms with Gasteiger partial charge in [0.25, 0.3) is 0 Å². The van der Waals surface area contributed by atoms with Crippen LogP contribution in [0.3, 0.4) is 0 Å². The van der Waals surface area contributed by atoms with Crippen molar-refractivity contribution in [2.75, 3.05) is 44.3 Å². The minimum Gasteiger partial charge on any atom is -0.456 e. The third-order valence-electron chi connectivity index (χ3n) is 7.47. The number of hydrogen-bond donors (Lipinski definition) is 1. The van der Waals surface area contributed by atoms with Crippen LogP contribution in [0.5, 0.6) is 5.75 Å². The summed E-state index contributed by atoms with van der Waals surface area (Å²) in [5.74, 6) is 1.78. The molecular weight excluding hydrogens is 458 g/mol. The van der Waals surface area contributed by atoms with E-state index >= 15 is 0 Å². The zero-order valence-electron chi connectivity index (χ0n) is 22.4. The normalized spacial score (nSPS) is 19.2. The first-order valence-corrected chi connectivity index (χ1v) is 14.0. The standard InChI is InChI=1S/C32H41N3O2/c1-3-5-14-35(15-6-4-2)27-11-13-29-31(22-27)37-30-21-26(33)10-12-28(30)32(29)25-9-7-8-24(20-25)23-34-16-18-36-19-17-34/h7-13,20-22,26H,3-6,14-19,23,33H2,1-2H3. The molecule has 0 amide bonds. The van der Waals surface area contributed by atoms with E-state index in [-0.39, 0.29) is 6.04 Å². The molecule has 5 rings (SSSR count). The number of allylic oxidation sites excluding steroid dienone is 1. The van der Waals surface area contributed by atoms with Gasteiger partial charge in [0.15, 0.2) is 0 Å². The van der Waals surface area contributed by atoms with E-state index in [2.05, 4.69) is 78.3 Å². The van der Waals surface area contributed by atoms with E-state index < -0.39 is 0 Å². The lowest BCUT2D eigenvalue weighted by atomic mass is 9.86. The number of anilines is 1. The van der Waals surface area contributed by atoms with E-state index in [1.54, 1.807) is 0 Å². The molecule has 1 fully saturated rings. The summed E-state index contributed by atoms with van der Waals surface area (Å²) >= 11 is 0. The molecule has 37 heavy (non-hydrogen) atoms. The van der Waals surface area contributed by atoms with Crippen molar-refractivity contribution >= 4 is 11.3 Å². The van der Waals surface area contributed by atoms with Crippen molar-refractivity contribution in [2.24, 2.45) is 5.73 Å². The van der Waals surface area contributed by atoms with Crippen LogP contribution in [0.25, 0.3) is 5.57 Å². The van der Waals surface area contributed by atoms with Gasteiger partial charge in [-0.15, -0.1) is 0 Å². The highest BCUT2D eigenvalue weighted by Crippen LogP contribution is 2.44. The molecule has 0 bridgehead atoms. The molecule has 1 aliphatic carbocycles. The maximum atomic E-state index is 6.53. The molecule has 0 aromatic heterocycles. The number of benzene rings is 2. The molecule has 1 unspecified atom stereocenters. The highest BCUT2D eigenvalue weighted by atomic mass is 16.5. The Balaban J connectivity index is 1.52. The van der Waals surface area contributed by atoms with Crippen LogP contribution in [0.4, 0.5) is 5.69 Å². The lowest BCUT2D eigenvalue weighted by Gasteiger charge is -2.30. The fourth-order valence-electron chi connectivity index (χ4n) is 5.39. The van der Waals surface area contributed by atoms with E-state index in [9.17, 15) is 0 Å². The number of hydrogen-bond acceptors (Lipinski definition) is 5. The summed E-state index contributed by atoms with van der Waals surface area (Å²) in [5.41, 5.74) is 13.5. The van der Waals surface area contributed by atoms with Crippen LogP contribution in [0.1, 0.15) is 56.2 Å². The molecule has 0 spiro atoms. The van der Waals surface area contributed by atoms with E-state index in [0.717, 1.165) is 68.6 Å². The van der Waals surface area contributed by atoms with Crippen LogP contribution < -0.4 is 15.4 Å². The Morgan fingerprint density at radius 2 is 1.78 bits per heavy atom. The summed E-state index contributed by atoms with van der Waals surface area (Å²) in [5, 5.41) is 0. The van der Waals surface area contributed by atoms with Crippen LogP contribution in [0, 0.1) is 0 Å². The highest BCUT2D eigenvalue weighted by molar-refractivity contribution is 5.91. The Morgan fingerprint density at radius 1 is 1.00 bits per heavy atom. The summed E-state index contributed by atoms with van der Waals surface area (Å²) < 4.78 is 12.1. The van der Waals surface area contributed by atoms with Crippen molar-refractivity contribution in [2.45, 2.75) is 52.1 Å². The first kappa shape index (κ1) is 25.8. The Bertz CT molecular complexity index is 1170. The van der Waals surface area contributed by atoms with Crippen LogP contribution in [0.2, 0.25) is 0 Å². The van der Waals surface area contributed by atoms with Gasteiger partial charge in [0.2, 0.25) is 0 Å². The third-order valence-corrected chi connectivity index (χ3v) is 7.47. The number of unbranched alkanes of at least 4 members (excludes halogenated alkanes) is 2. The zero-order valence-corrected chi connectivity index (χ0v) is 22.4. The van der Waals surface area contributed by atoms with Crippen molar-refractivity contribution in [1.82, 2.24) is 4.90 Å². The molecular formula is C32H41N3O2. The molecule has 2 aliphatic heterocycles. The van der Waals surface area contributed by atoms with Gasteiger partial charge in [0.05, 0.1) is 13.2 Å². The third kappa shape index (κ3) is 6.01. The minimum absolute atomic E-state index is 0.136. The van der Waals surface area contributed by atoms with E-state index in [0.29, 0.717) is 0 Å². The molecule has 2 aromatic carbocycles. The fourth-order valence-corrected chi connectivity index (χ4v) is 5.39. The van der Waals surface area contributed by atoms with Gasteiger partial charge < -0.3 is 20.1 Å². The Hall–Kier alpha value is -2.86. The second kappa shape index (κ2) is 12.1. The lowest BCUT2D eigenvalue weighted by molar-refractivity contribution is 0.0342. The second-order valence-corrected chi connectivity index (χ2v) is 10.3. The molecule has 2 heterocycles. The topological polar surface area (TPSA) is 51.0 Å². The average molecular weight is 500 g/mol. The number of nitrogens with two attached hydrogens (primary N) is 1. The van der Waals surface area contributed by atoms with Crippen molar-refractivity contribution in [3.63, 3.8) is 0 Å². The highest BCUT2D eigenvalue weighted by Gasteiger charge is 2.27. The van der Waals surface area contributed by atoms with Gasteiger partial charge in [0, 0.05) is 67.2 Å². The molecule has 0 radical (unpaired) electrons. The largest absolute Gasteiger partial charge is 0.456 e. The molecule has 2 aromatic rings. The van der Waals surface area contributed by atoms with Crippen molar-refractivity contribution in [1.29, 1.82) is 0 Å². The van der Waals surface area contributed by atoms with E-state index in [4.69, 9.17) is 15.2 Å². The molecule has 3 aliphatic rings. The summed E-state index contributed by atoms with van der Waals surface area (Å²) in [6.07, 6.45) is 11.0. The van der Waals surface area contributed by atoms with Crippen molar-refractivity contribution < 1.29 is 9.47 Å². The van der Waals surface area contributed by atoms with E-state index in [1.807, 2.05) is 6.08 Å². The van der Waals surface area contributed by atoms with Crippen LogP contribution in [-0.4, -0.2) is 50.3 Å². The number of rotatable bonds is 10. The van der Waals surface area contributed by atoms with Crippen LogP contribution in [-0.2, 0) is 11.3 Å². The van der Waals surface area contributed by atoms with Crippen LogP contribution >= 0.6 is 0 Å². The number of fused-ring (bicyclic) bond motifs is 2. The van der Waals surface area contributed by atoms with Gasteiger partial charge in [-0.2, -0.15) is 0 Å². The van der Waals surface area contributed by atoms with Gasteiger partial charge in [-0.25, -0.2) is 0 Å². The molecule has 5 nitrogen and oxygen atoms in total. The monoisotopic (exact) mass is 499 g/mol. The van der Waals surface area contributed by atoms with Crippen molar-refractivity contribution in [3.8, 4) is 5.75 Å². The maximum absolute atomic E-state index is 6.53. The number of morpholine rings is 1. The fraction of sp³-hybridized carbons (Fsp3) is 0.438. The number of nitrogens with zero attached hydrogens (tertiary/aromatic N) is 2. The van der Waals surface area contributed by atoms with Crippen LogP contribution in [0.15, 0.2) is 72.0 Å². The quantitative estimate of drug-likeness (QED) is 0.441. The van der Waals surface area contributed by atoms with Gasteiger partial charge >= 0.3 is 0 Å². The van der Waals surface area contributed by atoms with Gasteiger partial charge in [-0.1, -0.05) is 57.0 Å². The van der Waals surface area contributed by atoms with E-state index in [1.165, 1.54) is 48.1 Å². The summed E-state index contributed by atoms with van der Waals surface area (Å²) in [7, 11) is 0. The Morgan fingerprint density at radius 3 is 2.54 bits per heavy atom. The first-order chi connectivity index (χ1) is 18.2. The molecule has 2 N–H and O–H groups in total. The molecule has 5 heteroatoms. The smallest absolute Gasteiger partial charge is 0.137 e. The van der Waals surface area contributed by atoms with Crippen molar-refractivity contribution in [3.05, 3.63) is 88.7 Å². The van der Waals surface area contributed by atoms with Gasteiger partial charge in [-0.3, -0.25) is 4.90 Å². The Labute approximate surface area is 222 Å². The molecule has 0 saturated carbocycles. The molecule has 196 valence electrons. The minimum atomic E-state index is -0.136. The van der Waals surface area contributed by atoms with Gasteiger partial charge in [0.1, 0.15) is 11.5 Å². The molecule has 1 atom stereocenters. The lowest BCUT2D eigenvalue weighted by Crippen LogP contribution is -2.35.